The van der Waals surface area contributed by atoms with Crippen molar-refractivity contribution in [2.24, 2.45) is 10.6 Å². The summed E-state index contributed by atoms with van der Waals surface area (Å²) in [5, 5.41) is 4.47. The standard InChI is InChI=1S/2CH4N2O/c2*1-2-3-4/h2*1H3,(H,2,4). The molecule has 8 heavy (non-hydrogen) atoms. The van der Waals surface area contributed by atoms with E-state index in [-0.39, 0.29) is 0 Å². The Balaban J connectivity index is 0. The van der Waals surface area contributed by atoms with Gasteiger partial charge in [-0.1, -0.05) is 0 Å². The molecule has 0 aromatic heterocycles. The van der Waals surface area contributed by atoms with Gasteiger partial charge in [0, 0.05) is 24.7 Å². The van der Waals surface area contributed by atoms with Gasteiger partial charge in [-0.3, -0.25) is 10.9 Å². The van der Waals surface area contributed by atoms with Gasteiger partial charge in [0.15, 0.2) is 0 Å². The highest BCUT2D eigenvalue weighted by molar-refractivity contribution is 4.06. The zero-order valence-corrected chi connectivity index (χ0v) is 4.71. The van der Waals surface area contributed by atoms with Gasteiger partial charge in [0.25, 0.3) is 0 Å². The average Bonchev–Trinajstić information content (AvgIpc) is 1.88. The predicted molar refractivity (Wildman–Crippen MR) is 29.7 cm³/mol. The summed E-state index contributed by atoms with van der Waals surface area (Å²) < 4.78 is 0. The lowest BCUT2D eigenvalue weighted by Crippen LogP contribution is -1.87. The van der Waals surface area contributed by atoms with Gasteiger partial charge in [-0.2, -0.15) is 0 Å². The molecule has 0 aliphatic rings. The van der Waals surface area contributed by atoms with Gasteiger partial charge in [-0.15, -0.1) is 9.81 Å². The van der Waals surface area contributed by atoms with Crippen molar-refractivity contribution in [3.63, 3.8) is 0 Å². The number of nitrogens with one attached hydrogen (secondary N) is 2. The van der Waals surface area contributed by atoms with E-state index in [2.05, 4.69) is 10.6 Å². The topological polar surface area (TPSA) is 82.9 Å². The maximum absolute atomic E-state index is 8.81. The highest BCUT2D eigenvalue weighted by Gasteiger charge is 1.42. The Morgan fingerprint density at radius 2 is 1.12 bits per heavy atom. The molecule has 0 aliphatic heterocycles. The third-order valence-electron chi connectivity index (χ3n) is 0.183. The van der Waals surface area contributed by atoms with Crippen LogP contribution >= 0.6 is 0 Å². The largest absolute Gasteiger partial charge is 0.277 e. The highest BCUT2D eigenvalue weighted by atomic mass is 16.3. The van der Waals surface area contributed by atoms with Crippen LogP contribution in [0.2, 0.25) is 0 Å². The molecule has 0 saturated carbocycles. The fourth-order valence-corrected chi connectivity index (χ4v) is 0. The first-order chi connectivity index (χ1) is 3.83. The molecule has 6 nitrogen and oxygen atoms in total. The minimum atomic E-state index is 1.45. The Labute approximate surface area is 46.5 Å². The minimum Gasteiger partial charge on any atom is -0.277 e. The lowest BCUT2D eigenvalue weighted by molar-refractivity contribution is 0.889. The lowest BCUT2D eigenvalue weighted by atomic mass is 11.5. The third kappa shape index (κ3) is 108. The molecule has 0 bridgehead atoms. The van der Waals surface area contributed by atoms with Crippen LogP contribution in [0.1, 0.15) is 0 Å². The average molecular weight is 120 g/mol. The number of hydrogen-bond donors (Lipinski definition) is 2. The summed E-state index contributed by atoms with van der Waals surface area (Å²) in [5.41, 5.74) is 4.00. The first-order valence-electron chi connectivity index (χ1n) is 1.81. The smallest absolute Gasteiger partial charge is 0.0493 e. The van der Waals surface area contributed by atoms with Crippen LogP contribution in [0.5, 0.6) is 0 Å². The summed E-state index contributed by atoms with van der Waals surface area (Å²) in [7, 11) is 2.90. The first kappa shape index (κ1) is 9.93. The van der Waals surface area contributed by atoms with E-state index in [4.69, 9.17) is 9.81 Å². The first-order valence-corrected chi connectivity index (χ1v) is 1.81. The quantitative estimate of drug-likeness (QED) is 0.389. The van der Waals surface area contributed by atoms with Gasteiger partial charge < -0.3 is 0 Å². The van der Waals surface area contributed by atoms with Crippen molar-refractivity contribution in [2.75, 3.05) is 14.1 Å². The molecule has 0 aliphatic carbocycles. The molecule has 0 atom stereocenters. The van der Waals surface area contributed by atoms with Crippen LogP contribution in [-0.4, -0.2) is 14.1 Å². The highest BCUT2D eigenvalue weighted by Crippen LogP contribution is 1.32. The second-order valence-corrected chi connectivity index (χ2v) is 0.630. The molecule has 0 aromatic rings. The van der Waals surface area contributed by atoms with Crippen LogP contribution in [0.3, 0.4) is 0 Å². The Hall–Kier alpha value is -1.20. The maximum Gasteiger partial charge on any atom is 0.0493 e. The number of rotatable bonds is 2. The van der Waals surface area contributed by atoms with Crippen LogP contribution in [-0.2, 0) is 0 Å². The van der Waals surface area contributed by atoms with Gasteiger partial charge in [-0.25, -0.2) is 0 Å². The van der Waals surface area contributed by atoms with Crippen molar-refractivity contribution < 1.29 is 0 Å². The van der Waals surface area contributed by atoms with Crippen LogP contribution in [0.25, 0.3) is 0 Å². The molecule has 0 unspecified atom stereocenters. The van der Waals surface area contributed by atoms with Crippen LogP contribution in [0.15, 0.2) is 10.6 Å². The Bertz CT molecular complexity index is 48.0. The normalized spacial score (nSPS) is 5.25. The van der Waals surface area contributed by atoms with Crippen LogP contribution in [0, 0.1) is 9.81 Å². The molecule has 0 saturated heterocycles. The molecule has 0 amide bonds. The van der Waals surface area contributed by atoms with Gasteiger partial charge >= 0.3 is 0 Å². The molecule has 2 N–H and O–H groups in total. The number of nitroso groups, excluding NO2 is 2. The van der Waals surface area contributed by atoms with Crippen molar-refractivity contribution in [3.05, 3.63) is 9.81 Å². The molecule has 6 heteroatoms. The number of hydrogen-bond acceptors (Lipinski definition) is 4. The van der Waals surface area contributed by atoms with Crippen molar-refractivity contribution >= 4 is 0 Å². The summed E-state index contributed by atoms with van der Waals surface area (Å²) in [6.45, 7) is 0. The van der Waals surface area contributed by atoms with Crippen LogP contribution in [0.4, 0.5) is 0 Å². The Morgan fingerprint density at radius 3 is 1.12 bits per heavy atom. The van der Waals surface area contributed by atoms with E-state index in [0.29, 0.717) is 0 Å². The second-order valence-electron chi connectivity index (χ2n) is 0.630. The van der Waals surface area contributed by atoms with E-state index in [0.717, 1.165) is 0 Å². The molecular formula is C2H8N4O2. The van der Waals surface area contributed by atoms with Gasteiger partial charge in [0.2, 0.25) is 0 Å². The zero-order chi connectivity index (χ0) is 6.83. The fourth-order valence-electron chi connectivity index (χ4n) is 0. The van der Waals surface area contributed by atoms with Crippen molar-refractivity contribution in [1.82, 2.24) is 10.9 Å². The van der Waals surface area contributed by atoms with E-state index in [9.17, 15) is 0 Å². The molecule has 0 heterocycles. The molecular weight excluding hydrogens is 112 g/mol. The monoisotopic (exact) mass is 120 g/mol. The predicted octanol–water partition coefficient (Wildman–Crippen LogP) is -0.226. The van der Waals surface area contributed by atoms with E-state index >= 15 is 0 Å². The Kier molecular flexibility index (Phi) is 21.2. The van der Waals surface area contributed by atoms with E-state index < -0.39 is 0 Å². The fraction of sp³-hybridized carbons (Fsp3) is 1.00. The summed E-state index contributed by atoms with van der Waals surface area (Å²) >= 11 is 0. The third-order valence-corrected chi connectivity index (χ3v) is 0.183. The Morgan fingerprint density at radius 1 is 1.00 bits per heavy atom. The maximum atomic E-state index is 8.81. The molecule has 0 radical (unpaired) electrons. The summed E-state index contributed by atoms with van der Waals surface area (Å²) in [5.74, 6) is 0. The molecule has 0 aromatic carbocycles. The van der Waals surface area contributed by atoms with E-state index in [1.807, 2.05) is 10.9 Å². The van der Waals surface area contributed by atoms with Gasteiger partial charge in [0.05, 0.1) is 0 Å². The lowest BCUT2D eigenvalue weighted by Gasteiger charge is -1.63. The summed E-state index contributed by atoms with van der Waals surface area (Å²) in [6.07, 6.45) is 0. The second kappa shape index (κ2) is 17.0. The van der Waals surface area contributed by atoms with Gasteiger partial charge in [0.1, 0.15) is 0 Å². The number of nitrogens with zero attached hydrogens (tertiary/aromatic N) is 2. The van der Waals surface area contributed by atoms with Crippen LogP contribution < -0.4 is 10.9 Å². The van der Waals surface area contributed by atoms with Crippen molar-refractivity contribution in [3.8, 4) is 0 Å². The van der Waals surface area contributed by atoms with Crippen molar-refractivity contribution in [1.29, 1.82) is 0 Å². The molecule has 0 spiro atoms. The molecule has 0 rings (SSSR count). The molecule has 48 valence electrons. The SMILES string of the molecule is CNN=O.CNN=O. The molecule has 0 fully saturated rings. The van der Waals surface area contributed by atoms with Gasteiger partial charge in [-0.05, 0) is 0 Å². The van der Waals surface area contributed by atoms with Crippen molar-refractivity contribution in [2.45, 2.75) is 0 Å². The summed E-state index contributed by atoms with van der Waals surface area (Å²) in [6, 6.07) is 0. The van der Waals surface area contributed by atoms with E-state index in [1.54, 1.807) is 0 Å². The summed E-state index contributed by atoms with van der Waals surface area (Å²) in [4.78, 5) is 17.6. The minimum absolute atomic E-state index is 1.45. The zero-order valence-electron chi connectivity index (χ0n) is 4.71. The van der Waals surface area contributed by atoms with E-state index in [1.165, 1.54) is 14.1 Å².